The monoisotopic (exact) mass is 695 g/mol. The van der Waals surface area contributed by atoms with Gasteiger partial charge in [0, 0.05) is 64.8 Å². The first-order valence-electron chi connectivity index (χ1n) is 15.4. The number of aryl methyl sites for hydroxylation is 2. The van der Waals surface area contributed by atoms with Crippen molar-refractivity contribution in [2.45, 2.75) is 68.3 Å². The minimum absolute atomic E-state index is 0.00512. The van der Waals surface area contributed by atoms with E-state index in [0.29, 0.717) is 19.4 Å². The molecule has 0 unspecified atom stereocenters. The fraction of sp³-hybridized carbons (Fsp3) is 0.567. The maximum absolute atomic E-state index is 14.3. The van der Waals surface area contributed by atoms with Gasteiger partial charge in [0.25, 0.3) is 26.0 Å². The van der Waals surface area contributed by atoms with Gasteiger partial charge in [0.05, 0.1) is 43.1 Å². The van der Waals surface area contributed by atoms with E-state index in [-0.39, 0.29) is 58.8 Å². The van der Waals surface area contributed by atoms with E-state index < -0.39 is 38.1 Å². The summed E-state index contributed by atoms with van der Waals surface area (Å²) in [5.74, 6) is -0.603. The van der Waals surface area contributed by atoms with E-state index in [1.165, 1.54) is 58.0 Å². The molecule has 4 atom stereocenters. The number of amides is 1. The number of sulfonamides is 2. The van der Waals surface area contributed by atoms with Crippen molar-refractivity contribution in [1.29, 1.82) is 0 Å². The Morgan fingerprint density at radius 2 is 1.72 bits per heavy atom. The molecule has 0 bridgehead atoms. The number of nitrogens with one attached hydrogen (secondary N) is 1. The minimum atomic E-state index is -4.05. The maximum atomic E-state index is 14.3. The molecule has 1 aliphatic heterocycles. The number of fused-ring (bicyclic) bond motifs is 1. The number of imidazole rings is 2. The van der Waals surface area contributed by atoms with Gasteiger partial charge < -0.3 is 28.6 Å². The summed E-state index contributed by atoms with van der Waals surface area (Å²) in [6.45, 7) is 5.56. The molecule has 1 aromatic carbocycles. The lowest BCUT2D eigenvalue weighted by molar-refractivity contribution is -0.00835. The van der Waals surface area contributed by atoms with Crippen molar-refractivity contribution < 1.29 is 36.2 Å². The van der Waals surface area contributed by atoms with Crippen molar-refractivity contribution in [2.24, 2.45) is 20.0 Å². The van der Waals surface area contributed by atoms with E-state index in [1.807, 2.05) is 13.8 Å². The van der Waals surface area contributed by atoms with Crippen LogP contribution in [0.1, 0.15) is 50.4 Å². The summed E-state index contributed by atoms with van der Waals surface area (Å²) in [7, 11) is -3.16. The third-order valence-electron chi connectivity index (χ3n) is 8.05. The van der Waals surface area contributed by atoms with Gasteiger partial charge in [-0.1, -0.05) is 6.92 Å². The van der Waals surface area contributed by atoms with E-state index in [1.54, 1.807) is 31.7 Å². The molecule has 4 rings (SSSR count). The third kappa shape index (κ3) is 8.90. The second kappa shape index (κ2) is 15.1. The standard InChI is InChI=1S/C30H45N7O8S2/c1-21-14-37(22(2)18-38)30(39)25-13-24(33-46(40,41)28-16-34(4)19-31-28)10-11-26(25)45-23(3)9-7-8-12-44-27(21)15-36(6)47(42,43)29-17-35(5)20-32-29/h10-11,13,16-17,19-23,27,33,38H,7-9,12,14-15,18H2,1-6H3/t21-,22+,23+,27+/m0/s1. The van der Waals surface area contributed by atoms with Gasteiger partial charge in [-0.15, -0.1) is 0 Å². The molecule has 17 heteroatoms. The zero-order valence-electron chi connectivity index (χ0n) is 27.6. The van der Waals surface area contributed by atoms with Gasteiger partial charge in [-0.25, -0.2) is 18.4 Å². The first-order valence-corrected chi connectivity index (χ1v) is 18.3. The predicted octanol–water partition coefficient (Wildman–Crippen LogP) is 2.07. The molecule has 0 aliphatic carbocycles. The van der Waals surface area contributed by atoms with E-state index in [4.69, 9.17) is 9.47 Å². The number of likely N-dealkylation sites (N-methyl/N-ethyl adjacent to an activating group) is 1. The van der Waals surface area contributed by atoms with E-state index in [0.717, 1.165) is 6.42 Å². The Bertz CT molecular complexity index is 1740. The molecular formula is C30H45N7O8S2. The highest BCUT2D eigenvalue weighted by Gasteiger charge is 2.33. The molecule has 0 radical (unpaired) electrons. The van der Waals surface area contributed by atoms with Crippen molar-refractivity contribution in [3.63, 3.8) is 0 Å². The molecule has 0 saturated carbocycles. The summed E-state index contributed by atoms with van der Waals surface area (Å²) in [5.41, 5.74) is 0.238. The lowest BCUT2D eigenvalue weighted by Crippen LogP contribution is -2.48. The molecule has 260 valence electrons. The van der Waals surface area contributed by atoms with Crippen LogP contribution in [0.25, 0.3) is 0 Å². The molecule has 3 aromatic rings. The number of nitrogens with zero attached hydrogens (tertiary/aromatic N) is 6. The van der Waals surface area contributed by atoms with Gasteiger partial charge in [0.2, 0.25) is 0 Å². The van der Waals surface area contributed by atoms with Crippen LogP contribution in [-0.2, 0) is 38.9 Å². The van der Waals surface area contributed by atoms with E-state index >= 15 is 0 Å². The Kier molecular flexibility index (Phi) is 11.7. The largest absolute Gasteiger partial charge is 0.490 e. The van der Waals surface area contributed by atoms with Crippen LogP contribution in [0.3, 0.4) is 0 Å². The van der Waals surface area contributed by atoms with Crippen molar-refractivity contribution in [3.05, 3.63) is 48.8 Å². The summed E-state index contributed by atoms with van der Waals surface area (Å²) in [6, 6.07) is 3.85. The SMILES string of the molecule is C[C@@H]1CCCCO[C@H](CN(C)S(=O)(=O)c2cn(C)cn2)[C@@H](C)CN([C@H](C)CO)C(=O)c2cc(NS(=O)(=O)c3cn(C)cn3)ccc2O1. The molecule has 2 N–H and O–H groups in total. The number of hydrogen-bond donors (Lipinski definition) is 2. The molecule has 0 spiro atoms. The highest BCUT2D eigenvalue weighted by Crippen LogP contribution is 2.29. The minimum Gasteiger partial charge on any atom is -0.490 e. The molecular weight excluding hydrogens is 651 g/mol. The first kappa shape index (κ1) is 36.3. The van der Waals surface area contributed by atoms with E-state index in [2.05, 4.69) is 14.7 Å². The molecule has 0 fully saturated rings. The van der Waals surface area contributed by atoms with Crippen molar-refractivity contribution in [2.75, 3.05) is 38.1 Å². The molecule has 2 aromatic heterocycles. The number of ether oxygens (including phenoxy) is 2. The summed E-state index contributed by atoms with van der Waals surface area (Å²) in [4.78, 5) is 23.7. The molecule has 1 aliphatic rings. The topological polar surface area (TPSA) is 178 Å². The number of carbonyl (C=O) groups is 1. The molecule has 47 heavy (non-hydrogen) atoms. The lowest BCUT2D eigenvalue weighted by Gasteiger charge is -2.35. The Morgan fingerprint density at radius 1 is 1.06 bits per heavy atom. The van der Waals surface area contributed by atoms with Crippen LogP contribution in [0.5, 0.6) is 5.75 Å². The van der Waals surface area contributed by atoms with Gasteiger partial charge in [-0.05, 0) is 51.3 Å². The summed E-state index contributed by atoms with van der Waals surface area (Å²) < 4.78 is 71.9. The van der Waals surface area contributed by atoms with Crippen LogP contribution in [-0.4, -0.2) is 108 Å². The Balaban J connectivity index is 1.67. The second-order valence-electron chi connectivity index (χ2n) is 12.2. The zero-order valence-corrected chi connectivity index (χ0v) is 29.2. The third-order valence-corrected chi connectivity index (χ3v) is 11.0. The number of carbonyl (C=O) groups excluding carboxylic acids is 1. The number of aromatic nitrogens is 4. The van der Waals surface area contributed by atoms with Crippen molar-refractivity contribution >= 4 is 31.6 Å². The number of aliphatic hydroxyl groups is 1. The van der Waals surface area contributed by atoms with Crippen LogP contribution in [0.4, 0.5) is 5.69 Å². The van der Waals surface area contributed by atoms with Crippen LogP contribution < -0.4 is 9.46 Å². The van der Waals surface area contributed by atoms with E-state index in [9.17, 15) is 26.7 Å². The number of aliphatic hydroxyl groups excluding tert-OH is 1. The van der Waals surface area contributed by atoms with Gasteiger partial charge in [-0.3, -0.25) is 9.52 Å². The second-order valence-corrected chi connectivity index (χ2v) is 15.8. The Labute approximate surface area is 276 Å². The lowest BCUT2D eigenvalue weighted by atomic mass is 10.0. The highest BCUT2D eigenvalue weighted by atomic mass is 32.2. The Hall–Kier alpha value is -3.51. The van der Waals surface area contributed by atoms with Crippen LogP contribution in [0, 0.1) is 5.92 Å². The Morgan fingerprint density at radius 3 is 2.34 bits per heavy atom. The molecule has 0 saturated heterocycles. The zero-order chi connectivity index (χ0) is 34.5. The predicted molar refractivity (Wildman–Crippen MR) is 174 cm³/mol. The normalized spacial score (nSPS) is 21.1. The van der Waals surface area contributed by atoms with Gasteiger partial charge in [0.15, 0.2) is 10.1 Å². The van der Waals surface area contributed by atoms with Crippen LogP contribution >= 0.6 is 0 Å². The van der Waals surface area contributed by atoms with Crippen molar-refractivity contribution in [1.82, 2.24) is 28.3 Å². The smallest absolute Gasteiger partial charge is 0.280 e. The number of benzene rings is 1. The summed E-state index contributed by atoms with van der Waals surface area (Å²) in [6.07, 6.45) is 6.79. The fourth-order valence-electron chi connectivity index (χ4n) is 5.22. The first-order chi connectivity index (χ1) is 22.1. The van der Waals surface area contributed by atoms with Crippen molar-refractivity contribution in [3.8, 4) is 5.75 Å². The molecule has 3 heterocycles. The molecule has 15 nitrogen and oxygen atoms in total. The summed E-state index contributed by atoms with van der Waals surface area (Å²) >= 11 is 0. The average molecular weight is 696 g/mol. The number of rotatable bonds is 9. The molecule has 1 amide bonds. The fourth-order valence-corrected chi connectivity index (χ4v) is 7.39. The highest BCUT2D eigenvalue weighted by molar-refractivity contribution is 7.92. The van der Waals surface area contributed by atoms with Gasteiger partial charge >= 0.3 is 0 Å². The average Bonchev–Trinajstić information content (AvgIpc) is 3.67. The number of hydrogen-bond acceptors (Lipinski definition) is 10. The van der Waals surface area contributed by atoms with Gasteiger partial charge in [-0.2, -0.15) is 12.7 Å². The quantitative estimate of drug-likeness (QED) is 0.337. The maximum Gasteiger partial charge on any atom is 0.280 e. The van der Waals surface area contributed by atoms with Crippen LogP contribution in [0.15, 0.2) is 53.3 Å². The van der Waals surface area contributed by atoms with Gasteiger partial charge in [0.1, 0.15) is 5.75 Å². The summed E-state index contributed by atoms with van der Waals surface area (Å²) in [5, 5.41) is 9.92. The van der Waals surface area contributed by atoms with Crippen LogP contribution in [0.2, 0.25) is 0 Å². The number of anilines is 1.